The summed E-state index contributed by atoms with van der Waals surface area (Å²) in [6.45, 7) is 7.29. The normalized spacial score (nSPS) is 14.9. The van der Waals surface area contributed by atoms with Crippen LogP contribution in [0.25, 0.3) is 22.2 Å². The zero-order chi connectivity index (χ0) is 30.7. The number of likely N-dealkylation sites (N-methyl/N-ethyl adjacent to an activating group) is 1. The minimum atomic E-state index is -3.39. The molecule has 1 unspecified atom stereocenters. The Labute approximate surface area is 252 Å². The van der Waals surface area contributed by atoms with E-state index in [-0.39, 0.29) is 24.1 Å². The first-order valence-corrected chi connectivity index (χ1v) is 16.1. The van der Waals surface area contributed by atoms with Gasteiger partial charge in [0.05, 0.1) is 42.7 Å². The molecular formula is C32H37N5O5S. The molecule has 1 saturated heterocycles. The Morgan fingerprint density at radius 2 is 1.72 bits per heavy atom. The second-order valence-electron chi connectivity index (χ2n) is 11.1. The first-order valence-electron chi connectivity index (χ1n) is 14.2. The van der Waals surface area contributed by atoms with E-state index in [0.717, 1.165) is 47.2 Å². The first-order chi connectivity index (χ1) is 20.5. The van der Waals surface area contributed by atoms with Gasteiger partial charge in [0.1, 0.15) is 6.54 Å². The maximum atomic E-state index is 13.8. The van der Waals surface area contributed by atoms with Gasteiger partial charge in [0, 0.05) is 32.4 Å². The molecule has 1 fully saturated rings. The smallest absolute Gasteiger partial charge is 0.269 e. The molecule has 0 aliphatic carbocycles. The molecular weight excluding hydrogens is 566 g/mol. The third-order valence-corrected chi connectivity index (χ3v) is 8.55. The summed E-state index contributed by atoms with van der Waals surface area (Å²) in [5.74, 6) is -0.185. The second-order valence-corrected chi connectivity index (χ2v) is 12.9. The van der Waals surface area contributed by atoms with Gasteiger partial charge in [-0.25, -0.2) is 13.4 Å². The van der Waals surface area contributed by atoms with E-state index < -0.39 is 10.0 Å². The van der Waals surface area contributed by atoms with Crippen LogP contribution in [0.1, 0.15) is 22.7 Å². The van der Waals surface area contributed by atoms with E-state index in [4.69, 9.17) is 4.74 Å². The van der Waals surface area contributed by atoms with Crippen LogP contribution in [0, 0.1) is 13.8 Å². The fourth-order valence-corrected chi connectivity index (χ4v) is 5.91. The van der Waals surface area contributed by atoms with Crippen molar-refractivity contribution in [3.63, 3.8) is 0 Å². The molecule has 4 aromatic rings. The van der Waals surface area contributed by atoms with Gasteiger partial charge in [0.2, 0.25) is 15.9 Å². The van der Waals surface area contributed by atoms with Crippen LogP contribution in [0.4, 0.5) is 5.69 Å². The van der Waals surface area contributed by atoms with E-state index >= 15 is 0 Å². The number of aryl methyl sites for hydroxylation is 2. The third kappa shape index (κ3) is 7.30. The molecule has 43 heavy (non-hydrogen) atoms. The molecule has 1 aliphatic rings. The number of rotatable bonds is 9. The van der Waals surface area contributed by atoms with Crippen LogP contribution in [0.5, 0.6) is 0 Å². The summed E-state index contributed by atoms with van der Waals surface area (Å²) in [5.41, 5.74) is 6.31. The SMILES string of the molecule is Cc1cc2ncc(=O)n(CC(=O)N(C)C(CN3CCOCC3)c3ccc(-c4cccc(NS(C)(=O)=O)c4)cc3)c2cc1C. The highest BCUT2D eigenvalue weighted by Gasteiger charge is 2.26. The van der Waals surface area contributed by atoms with E-state index in [1.807, 2.05) is 56.3 Å². The lowest BCUT2D eigenvalue weighted by Crippen LogP contribution is -2.45. The van der Waals surface area contributed by atoms with Crippen LogP contribution < -0.4 is 10.3 Å². The molecule has 1 aliphatic heterocycles. The highest BCUT2D eigenvalue weighted by Crippen LogP contribution is 2.28. The van der Waals surface area contributed by atoms with Crippen molar-refractivity contribution in [3.8, 4) is 11.1 Å². The molecule has 226 valence electrons. The van der Waals surface area contributed by atoms with Crippen molar-refractivity contribution in [3.05, 3.63) is 93.9 Å². The molecule has 10 nitrogen and oxygen atoms in total. The van der Waals surface area contributed by atoms with Gasteiger partial charge < -0.3 is 9.64 Å². The second kappa shape index (κ2) is 12.7. The van der Waals surface area contributed by atoms with Crippen molar-refractivity contribution in [1.29, 1.82) is 0 Å². The van der Waals surface area contributed by atoms with Crippen LogP contribution in [0.2, 0.25) is 0 Å². The maximum Gasteiger partial charge on any atom is 0.269 e. The summed E-state index contributed by atoms with van der Waals surface area (Å²) in [5, 5.41) is 0. The fourth-order valence-electron chi connectivity index (χ4n) is 5.36. The van der Waals surface area contributed by atoms with E-state index in [9.17, 15) is 18.0 Å². The van der Waals surface area contributed by atoms with E-state index in [1.165, 1.54) is 10.8 Å². The van der Waals surface area contributed by atoms with Crippen molar-refractivity contribution in [1.82, 2.24) is 19.4 Å². The number of carbonyl (C=O) groups is 1. The minimum absolute atomic E-state index is 0.103. The van der Waals surface area contributed by atoms with Gasteiger partial charge in [-0.05, 0) is 65.9 Å². The molecule has 0 saturated carbocycles. The van der Waals surface area contributed by atoms with Gasteiger partial charge in [-0.2, -0.15) is 0 Å². The summed E-state index contributed by atoms with van der Waals surface area (Å²) in [6, 6.07) is 18.8. The van der Waals surface area contributed by atoms with Crippen molar-refractivity contribution < 1.29 is 17.9 Å². The number of hydrogen-bond acceptors (Lipinski definition) is 7. The Morgan fingerprint density at radius 3 is 2.42 bits per heavy atom. The number of benzene rings is 3. The van der Waals surface area contributed by atoms with Crippen molar-refractivity contribution in [2.24, 2.45) is 0 Å². The predicted octanol–water partition coefficient (Wildman–Crippen LogP) is 3.58. The number of aromatic nitrogens is 2. The van der Waals surface area contributed by atoms with E-state index in [2.05, 4.69) is 14.6 Å². The van der Waals surface area contributed by atoms with Gasteiger partial charge in [-0.3, -0.25) is 23.8 Å². The summed E-state index contributed by atoms with van der Waals surface area (Å²) in [4.78, 5) is 35.0. The lowest BCUT2D eigenvalue weighted by Gasteiger charge is -2.35. The summed E-state index contributed by atoms with van der Waals surface area (Å²) < 4.78 is 33.0. The average Bonchev–Trinajstić information content (AvgIpc) is 2.98. The Kier molecular flexibility index (Phi) is 8.95. The molecule has 1 amide bonds. The topological polar surface area (TPSA) is 114 Å². The average molecular weight is 604 g/mol. The van der Waals surface area contributed by atoms with Crippen LogP contribution in [-0.4, -0.2) is 79.8 Å². The summed E-state index contributed by atoms with van der Waals surface area (Å²) >= 11 is 0. The molecule has 0 radical (unpaired) electrons. The first kappa shape index (κ1) is 30.4. The molecule has 2 heterocycles. The molecule has 5 rings (SSSR count). The number of nitrogens with one attached hydrogen (secondary N) is 1. The van der Waals surface area contributed by atoms with Crippen LogP contribution >= 0.6 is 0 Å². The van der Waals surface area contributed by atoms with Gasteiger partial charge in [0.15, 0.2) is 0 Å². The zero-order valence-corrected chi connectivity index (χ0v) is 25.7. The quantitative estimate of drug-likeness (QED) is 0.311. The number of nitrogens with zero attached hydrogens (tertiary/aromatic N) is 4. The monoisotopic (exact) mass is 603 g/mol. The molecule has 3 aromatic carbocycles. The molecule has 1 atom stereocenters. The Hall–Kier alpha value is -4.06. The van der Waals surface area contributed by atoms with Gasteiger partial charge in [-0.1, -0.05) is 36.4 Å². The number of morpholine rings is 1. The third-order valence-electron chi connectivity index (χ3n) is 7.95. The molecule has 1 aromatic heterocycles. The predicted molar refractivity (Wildman–Crippen MR) is 169 cm³/mol. The number of ether oxygens (including phenoxy) is 1. The van der Waals surface area contributed by atoms with Gasteiger partial charge >= 0.3 is 0 Å². The zero-order valence-electron chi connectivity index (χ0n) is 24.9. The van der Waals surface area contributed by atoms with Crippen LogP contribution in [-0.2, 0) is 26.1 Å². The maximum absolute atomic E-state index is 13.8. The summed E-state index contributed by atoms with van der Waals surface area (Å²) in [7, 11) is -1.61. The van der Waals surface area contributed by atoms with E-state index in [1.54, 1.807) is 30.1 Å². The fraction of sp³-hybridized carbons (Fsp3) is 0.344. The van der Waals surface area contributed by atoms with Crippen LogP contribution in [0.15, 0.2) is 71.7 Å². The highest BCUT2D eigenvalue weighted by atomic mass is 32.2. The standard InChI is InChI=1S/C32H37N5O5S/c1-22-16-28-29(17-23(22)2)37(31(38)19-33-28)21-32(39)35(3)30(20-36-12-14-42-15-13-36)25-10-8-24(9-11-25)26-6-5-7-27(18-26)34-43(4,40)41/h5-11,16-19,30,34H,12-15,20-21H2,1-4H3. The number of fused-ring (bicyclic) bond motifs is 1. The number of sulfonamides is 1. The Bertz CT molecular complexity index is 1800. The molecule has 0 spiro atoms. The van der Waals surface area contributed by atoms with E-state index in [0.29, 0.717) is 36.5 Å². The summed E-state index contributed by atoms with van der Waals surface area (Å²) in [6.07, 6.45) is 2.39. The van der Waals surface area contributed by atoms with Crippen molar-refractivity contribution >= 4 is 32.7 Å². The number of hydrogen-bond donors (Lipinski definition) is 1. The Morgan fingerprint density at radius 1 is 1.02 bits per heavy atom. The van der Waals surface area contributed by atoms with Gasteiger partial charge in [-0.15, -0.1) is 0 Å². The largest absolute Gasteiger partial charge is 0.379 e. The highest BCUT2D eigenvalue weighted by molar-refractivity contribution is 7.92. The number of anilines is 1. The lowest BCUT2D eigenvalue weighted by atomic mass is 9.99. The lowest BCUT2D eigenvalue weighted by molar-refractivity contribution is -0.133. The van der Waals surface area contributed by atoms with Crippen LogP contribution in [0.3, 0.4) is 0 Å². The Balaban J connectivity index is 1.43. The number of carbonyl (C=O) groups excluding carboxylic acids is 1. The van der Waals surface area contributed by atoms with Crippen molar-refractivity contribution in [2.75, 3.05) is 50.9 Å². The number of amides is 1. The molecule has 0 bridgehead atoms. The minimum Gasteiger partial charge on any atom is -0.379 e. The van der Waals surface area contributed by atoms with Crippen molar-refractivity contribution in [2.45, 2.75) is 26.4 Å². The molecule has 11 heteroatoms. The molecule has 1 N–H and O–H groups in total. The van der Waals surface area contributed by atoms with Gasteiger partial charge in [0.25, 0.3) is 5.56 Å².